The number of esters is 1. The lowest BCUT2D eigenvalue weighted by Gasteiger charge is -2.42. The summed E-state index contributed by atoms with van der Waals surface area (Å²) in [6.07, 6.45) is -0.873. The molecule has 0 amide bonds. The van der Waals surface area contributed by atoms with Crippen LogP contribution in [0.1, 0.15) is 39.2 Å². The first-order chi connectivity index (χ1) is 14.8. The van der Waals surface area contributed by atoms with Crippen LogP contribution in [-0.2, 0) is 23.7 Å². The van der Waals surface area contributed by atoms with E-state index in [1.807, 2.05) is 32.0 Å². The minimum atomic E-state index is -0.568. The molecule has 2 N–H and O–H groups in total. The van der Waals surface area contributed by atoms with Gasteiger partial charge in [0.15, 0.2) is 12.6 Å². The SMILES string of the molecule is COC(=O)C1=C(COCCNC(C)C)NC(C)=C(C2OC(C)O2)C1c1ccccc1Cl. The van der Waals surface area contributed by atoms with E-state index >= 15 is 0 Å². The number of hydrogen-bond acceptors (Lipinski definition) is 7. The van der Waals surface area contributed by atoms with Gasteiger partial charge >= 0.3 is 5.97 Å². The van der Waals surface area contributed by atoms with Gasteiger partial charge in [0.1, 0.15) is 0 Å². The van der Waals surface area contributed by atoms with E-state index in [1.165, 1.54) is 7.11 Å². The highest BCUT2D eigenvalue weighted by atomic mass is 35.5. The molecule has 1 saturated heterocycles. The minimum absolute atomic E-state index is 0.235. The third-order valence-electron chi connectivity index (χ3n) is 5.25. The van der Waals surface area contributed by atoms with Crippen LogP contribution < -0.4 is 10.6 Å². The largest absolute Gasteiger partial charge is 0.466 e. The topological polar surface area (TPSA) is 78.1 Å². The summed E-state index contributed by atoms with van der Waals surface area (Å²) in [5.74, 6) is -0.930. The predicted molar refractivity (Wildman–Crippen MR) is 118 cm³/mol. The predicted octanol–water partition coefficient (Wildman–Crippen LogP) is 3.46. The number of methoxy groups -OCH3 is 1. The van der Waals surface area contributed by atoms with E-state index < -0.39 is 18.2 Å². The van der Waals surface area contributed by atoms with E-state index in [-0.39, 0.29) is 12.9 Å². The molecule has 1 aromatic carbocycles. The number of halogens is 1. The van der Waals surface area contributed by atoms with Gasteiger partial charge in [-0.3, -0.25) is 0 Å². The van der Waals surface area contributed by atoms with E-state index in [2.05, 4.69) is 24.5 Å². The van der Waals surface area contributed by atoms with Crippen LogP contribution in [0, 0.1) is 0 Å². The zero-order valence-electron chi connectivity index (χ0n) is 18.7. The molecule has 1 atom stereocenters. The number of rotatable bonds is 9. The van der Waals surface area contributed by atoms with E-state index in [0.717, 1.165) is 16.8 Å². The van der Waals surface area contributed by atoms with Crippen molar-refractivity contribution in [3.8, 4) is 0 Å². The first kappa shape index (κ1) is 23.8. The average molecular weight is 451 g/mol. The normalized spacial score (nSPS) is 23.6. The summed E-state index contributed by atoms with van der Waals surface area (Å²) in [5.41, 5.74) is 3.52. The molecule has 7 nitrogen and oxygen atoms in total. The number of ether oxygens (including phenoxy) is 4. The van der Waals surface area contributed by atoms with Gasteiger partial charge in [-0.25, -0.2) is 4.79 Å². The number of carbonyl (C=O) groups excluding carboxylic acids is 1. The lowest BCUT2D eigenvalue weighted by atomic mass is 9.79. The molecule has 8 heteroatoms. The van der Waals surface area contributed by atoms with Crippen molar-refractivity contribution in [1.82, 2.24) is 10.6 Å². The molecule has 2 aliphatic rings. The van der Waals surface area contributed by atoms with Gasteiger partial charge in [-0.1, -0.05) is 43.6 Å². The number of carbonyl (C=O) groups is 1. The summed E-state index contributed by atoms with van der Waals surface area (Å²) in [6, 6.07) is 7.84. The maximum Gasteiger partial charge on any atom is 0.336 e. The quantitative estimate of drug-likeness (QED) is 0.440. The van der Waals surface area contributed by atoms with E-state index in [4.69, 9.17) is 30.5 Å². The van der Waals surface area contributed by atoms with Crippen molar-refractivity contribution in [2.45, 2.75) is 52.2 Å². The Morgan fingerprint density at radius 1 is 1.29 bits per heavy atom. The Labute approximate surface area is 188 Å². The van der Waals surface area contributed by atoms with Gasteiger partial charge in [-0.15, -0.1) is 0 Å². The van der Waals surface area contributed by atoms with Crippen LogP contribution in [0.5, 0.6) is 0 Å². The molecule has 3 rings (SSSR count). The third-order valence-corrected chi connectivity index (χ3v) is 5.59. The zero-order valence-corrected chi connectivity index (χ0v) is 19.4. The number of allylic oxidation sites excluding steroid dienone is 1. The first-order valence-electron chi connectivity index (χ1n) is 10.5. The van der Waals surface area contributed by atoms with Crippen molar-refractivity contribution >= 4 is 17.6 Å². The Kier molecular flexibility index (Phi) is 8.13. The summed E-state index contributed by atoms with van der Waals surface area (Å²) >= 11 is 6.56. The highest BCUT2D eigenvalue weighted by Gasteiger charge is 2.43. The summed E-state index contributed by atoms with van der Waals surface area (Å²) in [5, 5.41) is 7.18. The highest BCUT2D eigenvalue weighted by Crippen LogP contribution is 2.45. The number of dihydropyridines is 1. The van der Waals surface area contributed by atoms with E-state index in [0.29, 0.717) is 35.5 Å². The molecule has 0 saturated carbocycles. The van der Waals surface area contributed by atoms with Gasteiger partial charge in [-0.05, 0) is 25.5 Å². The summed E-state index contributed by atoms with van der Waals surface area (Å²) in [6.45, 7) is 9.38. The van der Waals surface area contributed by atoms with Crippen molar-refractivity contribution < 1.29 is 23.7 Å². The molecule has 0 aliphatic carbocycles. The zero-order chi connectivity index (χ0) is 22.5. The molecular weight excluding hydrogens is 420 g/mol. The van der Waals surface area contributed by atoms with Crippen LogP contribution in [0.4, 0.5) is 0 Å². The molecule has 0 bridgehead atoms. The third kappa shape index (κ3) is 5.48. The van der Waals surface area contributed by atoms with E-state index in [9.17, 15) is 4.79 Å². The maximum atomic E-state index is 13.0. The molecule has 2 aliphatic heterocycles. The standard InChI is InChI=1S/C23H31ClN2O5/c1-13(2)25-10-11-29-12-18-21(22(27)28-5)20(16-8-6-7-9-17(16)24)19(14(3)26-18)23-30-15(4)31-23/h6-9,13,15,20,23,25-26H,10-12H2,1-5H3. The monoisotopic (exact) mass is 450 g/mol. The Hall–Kier alpha value is -1.90. The van der Waals surface area contributed by atoms with Crippen LogP contribution in [0.25, 0.3) is 0 Å². The molecule has 2 heterocycles. The van der Waals surface area contributed by atoms with Crippen LogP contribution in [-0.4, -0.2) is 51.5 Å². The van der Waals surface area contributed by atoms with Crippen LogP contribution in [0.15, 0.2) is 46.8 Å². The van der Waals surface area contributed by atoms with Crippen molar-refractivity contribution in [2.75, 3.05) is 26.9 Å². The van der Waals surface area contributed by atoms with E-state index in [1.54, 1.807) is 6.07 Å². The second-order valence-electron chi connectivity index (χ2n) is 7.88. The van der Waals surface area contributed by atoms with Crippen LogP contribution >= 0.6 is 11.6 Å². The van der Waals surface area contributed by atoms with Gasteiger partial charge in [0.2, 0.25) is 0 Å². The van der Waals surface area contributed by atoms with Gasteiger partial charge in [0.25, 0.3) is 0 Å². The van der Waals surface area contributed by atoms with Crippen molar-refractivity contribution in [2.24, 2.45) is 0 Å². The average Bonchev–Trinajstić information content (AvgIpc) is 2.71. The summed E-state index contributed by atoms with van der Waals surface area (Å²) in [4.78, 5) is 13.0. The molecular formula is C23H31ClN2O5. The van der Waals surface area contributed by atoms with Crippen LogP contribution in [0.2, 0.25) is 5.02 Å². The Morgan fingerprint density at radius 3 is 2.61 bits per heavy atom. The van der Waals surface area contributed by atoms with Gasteiger partial charge in [0.05, 0.1) is 31.6 Å². The lowest BCUT2D eigenvalue weighted by Crippen LogP contribution is -2.45. The fourth-order valence-corrected chi connectivity index (χ4v) is 4.07. The molecule has 1 aromatic rings. The lowest BCUT2D eigenvalue weighted by molar-refractivity contribution is -0.360. The fraction of sp³-hybridized carbons (Fsp3) is 0.522. The van der Waals surface area contributed by atoms with Gasteiger partial charge in [-0.2, -0.15) is 0 Å². The maximum absolute atomic E-state index is 13.0. The first-order valence-corrected chi connectivity index (χ1v) is 10.9. The molecule has 1 fully saturated rings. The Bertz CT molecular complexity index is 861. The van der Waals surface area contributed by atoms with Crippen LogP contribution in [0.3, 0.4) is 0 Å². The van der Waals surface area contributed by atoms with Crippen molar-refractivity contribution in [3.63, 3.8) is 0 Å². The highest BCUT2D eigenvalue weighted by molar-refractivity contribution is 6.31. The second-order valence-corrected chi connectivity index (χ2v) is 8.28. The molecule has 0 radical (unpaired) electrons. The van der Waals surface area contributed by atoms with Crippen molar-refractivity contribution in [3.05, 3.63) is 57.4 Å². The summed E-state index contributed by atoms with van der Waals surface area (Å²) < 4.78 is 22.6. The smallest absolute Gasteiger partial charge is 0.336 e. The molecule has 0 spiro atoms. The van der Waals surface area contributed by atoms with Gasteiger partial charge in [0, 0.05) is 34.8 Å². The minimum Gasteiger partial charge on any atom is -0.466 e. The van der Waals surface area contributed by atoms with Crippen molar-refractivity contribution in [1.29, 1.82) is 0 Å². The number of benzene rings is 1. The molecule has 1 unspecified atom stereocenters. The molecule has 170 valence electrons. The molecule has 31 heavy (non-hydrogen) atoms. The summed E-state index contributed by atoms with van der Waals surface area (Å²) in [7, 11) is 1.37. The fourth-order valence-electron chi connectivity index (χ4n) is 3.82. The Morgan fingerprint density at radius 2 is 2.00 bits per heavy atom. The number of nitrogens with one attached hydrogen (secondary N) is 2. The molecule has 0 aromatic heterocycles. The Balaban J connectivity index is 1.97. The second kappa shape index (κ2) is 10.6. The number of hydrogen-bond donors (Lipinski definition) is 2. The van der Waals surface area contributed by atoms with Gasteiger partial charge < -0.3 is 29.6 Å².